The minimum atomic E-state index is 0.0122. The van der Waals surface area contributed by atoms with Gasteiger partial charge in [-0.05, 0) is 37.5 Å². The minimum absolute atomic E-state index is 0.0122. The molecule has 112 valence electrons. The summed E-state index contributed by atoms with van der Waals surface area (Å²) >= 11 is 0. The van der Waals surface area contributed by atoms with E-state index in [1.807, 2.05) is 24.4 Å². The molecule has 1 aromatic carbocycles. The van der Waals surface area contributed by atoms with Crippen LogP contribution in [0.25, 0.3) is 10.9 Å². The molecule has 1 aliphatic rings. The molecule has 2 heterocycles. The SMILES string of the molecule is COc1ccc2[nH]cc(C(=O)C3CCc4nc[nH]c4C3)c2c1. The van der Waals surface area contributed by atoms with Gasteiger partial charge in [0.05, 0.1) is 19.1 Å². The first kappa shape index (κ1) is 13.1. The van der Waals surface area contributed by atoms with Crippen molar-refractivity contribution in [2.75, 3.05) is 7.11 Å². The molecular formula is C17H17N3O2. The van der Waals surface area contributed by atoms with Gasteiger partial charge in [0.15, 0.2) is 5.78 Å². The Labute approximate surface area is 127 Å². The first-order chi connectivity index (χ1) is 10.8. The molecular weight excluding hydrogens is 278 g/mol. The summed E-state index contributed by atoms with van der Waals surface area (Å²) in [6.45, 7) is 0. The van der Waals surface area contributed by atoms with Gasteiger partial charge in [0.25, 0.3) is 0 Å². The lowest BCUT2D eigenvalue weighted by molar-refractivity contribution is 0.0909. The second-order valence-corrected chi connectivity index (χ2v) is 5.75. The molecule has 4 rings (SSSR count). The second kappa shape index (κ2) is 5.02. The number of benzene rings is 1. The van der Waals surface area contributed by atoms with Crippen LogP contribution in [0.4, 0.5) is 0 Å². The fraction of sp³-hybridized carbons (Fsp3) is 0.294. The van der Waals surface area contributed by atoms with Crippen LogP contribution < -0.4 is 4.74 Å². The van der Waals surface area contributed by atoms with Gasteiger partial charge in [0, 0.05) is 34.3 Å². The maximum absolute atomic E-state index is 12.9. The zero-order chi connectivity index (χ0) is 15.1. The van der Waals surface area contributed by atoms with Crippen LogP contribution in [0.15, 0.2) is 30.7 Å². The highest BCUT2D eigenvalue weighted by atomic mass is 16.5. The van der Waals surface area contributed by atoms with E-state index in [0.29, 0.717) is 0 Å². The molecule has 0 saturated heterocycles. The quantitative estimate of drug-likeness (QED) is 0.730. The Kier molecular flexibility index (Phi) is 2.99. The molecule has 0 saturated carbocycles. The Hall–Kier alpha value is -2.56. The van der Waals surface area contributed by atoms with Gasteiger partial charge in [-0.3, -0.25) is 4.79 Å². The molecule has 1 atom stereocenters. The molecule has 0 amide bonds. The number of methoxy groups -OCH3 is 1. The van der Waals surface area contributed by atoms with Gasteiger partial charge in [-0.2, -0.15) is 0 Å². The fourth-order valence-corrected chi connectivity index (χ4v) is 3.28. The number of hydrogen-bond donors (Lipinski definition) is 2. The van der Waals surface area contributed by atoms with E-state index in [-0.39, 0.29) is 11.7 Å². The van der Waals surface area contributed by atoms with Crippen LogP contribution in [0.2, 0.25) is 0 Å². The number of hydrogen-bond acceptors (Lipinski definition) is 3. The third-order valence-electron chi connectivity index (χ3n) is 4.51. The number of Topliss-reactive ketones (excluding diaryl/α,β-unsaturated/α-hetero) is 1. The summed E-state index contributed by atoms with van der Waals surface area (Å²) in [5.41, 5.74) is 3.91. The van der Waals surface area contributed by atoms with E-state index < -0.39 is 0 Å². The largest absolute Gasteiger partial charge is 0.497 e. The predicted molar refractivity (Wildman–Crippen MR) is 83.3 cm³/mol. The van der Waals surface area contributed by atoms with Crippen LogP contribution in [0.5, 0.6) is 5.75 Å². The average molecular weight is 295 g/mol. The first-order valence-electron chi connectivity index (χ1n) is 7.46. The van der Waals surface area contributed by atoms with E-state index >= 15 is 0 Å². The molecule has 2 aromatic heterocycles. The lowest BCUT2D eigenvalue weighted by Gasteiger charge is -2.19. The normalized spacial score (nSPS) is 17.4. The van der Waals surface area contributed by atoms with Crippen molar-refractivity contribution in [1.82, 2.24) is 15.0 Å². The molecule has 5 nitrogen and oxygen atoms in total. The number of nitrogens with zero attached hydrogens (tertiary/aromatic N) is 1. The van der Waals surface area contributed by atoms with Crippen LogP contribution in [0.3, 0.4) is 0 Å². The van der Waals surface area contributed by atoms with Crippen molar-refractivity contribution in [3.8, 4) is 5.75 Å². The number of aromatic nitrogens is 3. The van der Waals surface area contributed by atoms with Crippen LogP contribution >= 0.6 is 0 Å². The number of aryl methyl sites for hydroxylation is 1. The van der Waals surface area contributed by atoms with E-state index in [1.54, 1.807) is 13.4 Å². The average Bonchev–Trinajstić information content (AvgIpc) is 3.19. The monoisotopic (exact) mass is 295 g/mol. The number of carbonyl (C=O) groups excluding carboxylic acids is 1. The number of imidazole rings is 1. The number of nitrogens with one attached hydrogen (secondary N) is 2. The zero-order valence-electron chi connectivity index (χ0n) is 12.3. The van der Waals surface area contributed by atoms with Gasteiger partial charge in [-0.15, -0.1) is 0 Å². The van der Waals surface area contributed by atoms with E-state index in [9.17, 15) is 4.79 Å². The summed E-state index contributed by atoms with van der Waals surface area (Å²) in [4.78, 5) is 23.5. The number of H-pyrrole nitrogens is 2. The molecule has 3 aromatic rings. The number of aromatic amines is 2. The summed E-state index contributed by atoms with van der Waals surface area (Å²) in [5.74, 6) is 0.971. The number of ether oxygens (including phenoxy) is 1. The molecule has 2 N–H and O–H groups in total. The van der Waals surface area contributed by atoms with Gasteiger partial charge in [0.1, 0.15) is 5.75 Å². The highest BCUT2D eigenvalue weighted by Crippen LogP contribution is 2.30. The van der Waals surface area contributed by atoms with E-state index in [0.717, 1.165) is 52.9 Å². The van der Waals surface area contributed by atoms with Crippen molar-refractivity contribution in [3.05, 3.63) is 47.7 Å². The summed E-state index contributed by atoms with van der Waals surface area (Å²) in [6.07, 6.45) is 5.99. The molecule has 0 aliphatic heterocycles. The maximum atomic E-state index is 12.9. The smallest absolute Gasteiger partial charge is 0.168 e. The van der Waals surface area contributed by atoms with E-state index in [2.05, 4.69) is 15.0 Å². The van der Waals surface area contributed by atoms with Crippen molar-refractivity contribution >= 4 is 16.7 Å². The summed E-state index contributed by atoms with van der Waals surface area (Å²) in [5, 5.41) is 0.930. The maximum Gasteiger partial charge on any atom is 0.168 e. The lowest BCUT2D eigenvalue weighted by Crippen LogP contribution is -2.22. The lowest BCUT2D eigenvalue weighted by atomic mass is 9.84. The standard InChI is InChI=1S/C17H17N3O2/c1-22-11-3-5-14-12(7-11)13(8-18-14)17(21)10-2-4-15-16(6-10)20-9-19-15/h3,5,7-10,18H,2,4,6H2,1H3,(H,19,20). The summed E-state index contributed by atoms with van der Waals surface area (Å²) in [6, 6.07) is 5.76. The van der Waals surface area contributed by atoms with Gasteiger partial charge >= 0.3 is 0 Å². The predicted octanol–water partition coefficient (Wildman–Crippen LogP) is 2.89. The molecule has 0 bridgehead atoms. The van der Waals surface area contributed by atoms with Gasteiger partial charge in [-0.1, -0.05) is 0 Å². The number of rotatable bonds is 3. The number of carbonyl (C=O) groups is 1. The van der Waals surface area contributed by atoms with E-state index in [1.165, 1.54) is 0 Å². The van der Waals surface area contributed by atoms with Gasteiger partial charge < -0.3 is 14.7 Å². The minimum Gasteiger partial charge on any atom is -0.497 e. The molecule has 0 radical (unpaired) electrons. The fourth-order valence-electron chi connectivity index (χ4n) is 3.28. The number of fused-ring (bicyclic) bond motifs is 2. The number of ketones is 1. The summed E-state index contributed by atoms with van der Waals surface area (Å²) < 4.78 is 5.27. The Morgan fingerprint density at radius 3 is 3.14 bits per heavy atom. The second-order valence-electron chi connectivity index (χ2n) is 5.75. The van der Waals surface area contributed by atoms with Crippen molar-refractivity contribution in [2.24, 2.45) is 5.92 Å². The van der Waals surface area contributed by atoms with Crippen molar-refractivity contribution in [3.63, 3.8) is 0 Å². The Bertz CT molecular complexity index is 847. The summed E-state index contributed by atoms with van der Waals surface area (Å²) in [7, 11) is 1.64. The van der Waals surface area contributed by atoms with Crippen LogP contribution in [-0.2, 0) is 12.8 Å². The Morgan fingerprint density at radius 2 is 2.27 bits per heavy atom. The molecule has 1 unspecified atom stereocenters. The van der Waals surface area contributed by atoms with Crippen molar-refractivity contribution in [2.45, 2.75) is 19.3 Å². The Morgan fingerprint density at radius 1 is 1.36 bits per heavy atom. The molecule has 0 spiro atoms. The van der Waals surface area contributed by atoms with E-state index in [4.69, 9.17) is 4.74 Å². The van der Waals surface area contributed by atoms with Gasteiger partial charge in [-0.25, -0.2) is 4.98 Å². The zero-order valence-corrected chi connectivity index (χ0v) is 12.3. The molecule has 22 heavy (non-hydrogen) atoms. The van der Waals surface area contributed by atoms with Gasteiger partial charge in [0.2, 0.25) is 0 Å². The highest BCUT2D eigenvalue weighted by Gasteiger charge is 2.28. The topological polar surface area (TPSA) is 70.8 Å². The Balaban J connectivity index is 1.68. The van der Waals surface area contributed by atoms with Crippen molar-refractivity contribution < 1.29 is 9.53 Å². The molecule has 0 fully saturated rings. The van der Waals surface area contributed by atoms with Crippen LogP contribution in [0, 0.1) is 5.92 Å². The molecule has 1 aliphatic carbocycles. The third kappa shape index (κ3) is 2.01. The third-order valence-corrected chi connectivity index (χ3v) is 4.51. The van der Waals surface area contributed by atoms with Crippen molar-refractivity contribution in [1.29, 1.82) is 0 Å². The van der Waals surface area contributed by atoms with Crippen LogP contribution in [0.1, 0.15) is 28.2 Å². The molecule has 5 heteroatoms. The van der Waals surface area contributed by atoms with Crippen LogP contribution in [-0.4, -0.2) is 27.8 Å². The first-order valence-corrected chi connectivity index (χ1v) is 7.46. The highest BCUT2D eigenvalue weighted by molar-refractivity contribution is 6.09.